The van der Waals surface area contributed by atoms with Crippen molar-refractivity contribution in [2.75, 3.05) is 0 Å². The molecule has 2 rings (SSSR count). The van der Waals surface area contributed by atoms with E-state index in [-0.39, 0.29) is 36.1 Å². The van der Waals surface area contributed by atoms with Crippen LogP contribution in [-0.4, -0.2) is 40.9 Å². The Morgan fingerprint density at radius 2 is 1.91 bits per heavy atom. The van der Waals surface area contributed by atoms with E-state index < -0.39 is 12.0 Å². The standard InChI is InChI=1S/C17H22N2O4/c1-9(2)18-16(22)12-6-4-5-11(7-12)14(21)8-13-15(10(3)20)17(23)19-13/h4-7,9-10,13,15,20H,8H2,1-3H3,(H,18,22)(H,19,23)/t10-,13-,15-/m1/s1. The Morgan fingerprint density at radius 1 is 1.26 bits per heavy atom. The third-order valence-electron chi connectivity index (χ3n) is 3.86. The predicted molar refractivity (Wildman–Crippen MR) is 85.1 cm³/mol. The Labute approximate surface area is 135 Å². The van der Waals surface area contributed by atoms with E-state index >= 15 is 0 Å². The van der Waals surface area contributed by atoms with E-state index in [4.69, 9.17) is 0 Å². The molecule has 0 unspecified atom stereocenters. The number of nitrogens with one attached hydrogen (secondary N) is 2. The molecule has 0 aromatic heterocycles. The Balaban J connectivity index is 2.06. The Kier molecular flexibility index (Phi) is 5.15. The molecule has 124 valence electrons. The van der Waals surface area contributed by atoms with Crippen LogP contribution in [0.25, 0.3) is 0 Å². The van der Waals surface area contributed by atoms with Crippen molar-refractivity contribution in [3.05, 3.63) is 35.4 Å². The zero-order chi connectivity index (χ0) is 17.1. The molecule has 1 aromatic rings. The first-order chi connectivity index (χ1) is 10.8. The van der Waals surface area contributed by atoms with E-state index in [9.17, 15) is 19.5 Å². The highest BCUT2D eigenvalue weighted by atomic mass is 16.3. The van der Waals surface area contributed by atoms with Crippen LogP contribution in [0.3, 0.4) is 0 Å². The lowest BCUT2D eigenvalue weighted by atomic mass is 9.82. The van der Waals surface area contributed by atoms with Crippen LogP contribution >= 0.6 is 0 Å². The maximum atomic E-state index is 12.4. The summed E-state index contributed by atoms with van der Waals surface area (Å²) in [6.45, 7) is 5.27. The van der Waals surface area contributed by atoms with Crippen LogP contribution in [0.5, 0.6) is 0 Å². The summed E-state index contributed by atoms with van der Waals surface area (Å²) in [7, 11) is 0. The van der Waals surface area contributed by atoms with Crippen molar-refractivity contribution in [1.29, 1.82) is 0 Å². The lowest BCUT2D eigenvalue weighted by Gasteiger charge is -2.38. The third-order valence-corrected chi connectivity index (χ3v) is 3.86. The summed E-state index contributed by atoms with van der Waals surface area (Å²) in [4.78, 5) is 35.8. The summed E-state index contributed by atoms with van der Waals surface area (Å²) < 4.78 is 0. The molecule has 1 fully saturated rings. The van der Waals surface area contributed by atoms with E-state index in [1.165, 1.54) is 6.92 Å². The summed E-state index contributed by atoms with van der Waals surface area (Å²) in [5, 5.41) is 15.0. The molecule has 1 aliphatic heterocycles. The molecule has 6 nitrogen and oxygen atoms in total. The number of aliphatic hydroxyl groups excluding tert-OH is 1. The quantitative estimate of drug-likeness (QED) is 0.536. The molecule has 1 saturated heterocycles. The van der Waals surface area contributed by atoms with Gasteiger partial charge in [-0.05, 0) is 32.9 Å². The number of β-lactam (4-membered cyclic amide) rings is 1. The van der Waals surface area contributed by atoms with Crippen molar-refractivity contribution < 1.29 is 19.5 Å². The first-order valence-corrected chi connectivity index (χ1v) is 7.72. The van der Waals surface area contributed by atoms with E-state index in [0.717, 1.165) is 0 Å². The summed E-state index contributed by atoms with van der Waals surface area (Å²) in [6.07, 6.45) is -0.680. The van der Waals surface area contributed by atoms with Gasteiger partial charge in [0.1, 0.15) is 0 Å². The molecule has 1 heterocycles. The number of hydrogen-bond acceptors (Lipinski definition) is 4. The maximum Gasteiger partial charge on any atom is 0.251 e. The van der Waals surface area contributed by atoms with Gasteiger partial charge in [0, 0.05) is 23.6 Å². The molecule has 2 amide bonds. The highest BCUT2D eigenvalue weighted by Gasteiger charge is 2.43. The molecule has 0 saturated carbocycles. The number of amides is 2. The Bertz CT molecular complexity index is 625. The van der Waals surface area contributed by atoms with Gasteiger partial charge in [-0.2, -0.15) is 0 Å². The van der Waals surface area contributed by atoms with Gasteiger partial charge in [0.15, 0.2) is 5.78 Å². The molecule has 6 heteroatoms. The molecule has 3 N–H and O–H groups in total. The second-order valence-corrected chi connectivity index (χ2v) is 6.22. The van der Waals surface area contributed by atoms with Crippen molar-refractivity contribution in [3.63, 3.8) is 0 Å². The number of carbonyl (C=O) groups is 3. The van der Waals surface area contributed by atoms with Crippen molar-refractivity contribution >= 4 is 17.6 Å². The number of aliphatic hydroxyl groups is 1. The van der Waals surface area contributed by atoms with Crippen LogP contribution in [0.1, 0.15) is 47.9 Å². The van der Waals surface area contributed by atoms with Gasteiger partial charge in [-0.1, -0.05) is 12.1 Å². The first kappa shape index (κ1) is 17.1. The average Bonchev–Trinajstić information content (AvgIpc) is 2.45. The van der Waals surface area contributed by atoms with Crippen molar-refractivity contribution in [2.45, 2.75) is 45.4 Å². The first-order valence-electron chi connectivity index (χ1n) is 7.72. The molecule has 0 bridgehead atoms. The number of hydrogen-bond donors (Lipinski definition) is 3. The monoisotopic (exact) mass is 318 g/mol. The smallest absolute Gasteiger partial charge is 0.251 e. The summed E-state index contributed by atoms with van der Waals surface area (Å²) in [6, 6.07) is 6.17. The molecule has 1 aliphatic rings. The minimum Gasteiger partial charge on any atom is -0.393 e. The van der Waals surface area contributed by atoms with E-state index in [1.807, 2.05) is 13.8 Å². The predicted octanol–water partition coefficient (Wildman–Crippen LogP) is 0.893. The van der Waals surface area contributed by atoms with Crippen LogP contribution in [-0.2, 0) is 4.79 Å². The van der Waals surface area contributed by atoms with E-state index in [2.05, 4.69) is 10.6 Å². The Hall–Kier alpha value is -2.21. The fraction of sp³-hybridized carbons (Fsp3) is 0.471. The fourth-order valence-electron chi connectivity index (χ4n) is 2.69. The molecule has 0 spiro atoms. The second kappa shape index (κ2) is 6.91. The van der Waals surface area contributed by atoms with Crippen molar-refractivity contribution in [3.8, 4) is 0 Å². The van der Waals surface area contributed by atoms with E-state index in [1.54, 1.807) is 24.3 Å². The lowest BCUT2D eigenvalue weighted by molar-refractivity contribution is -0.140. The Morgan fingerprint density at radius 3 is 2.48 bits per heavy atom. The number of rotatable bonds is 6. The number of benzene rings is 1. The minimum absolute atomic E-state index is 0.0128. The largest absolute Gasteiger partial charge is 0.393 e. The highest BCUT2D eigenvalue weighted by molar-refractivity contribution is 6.01. The molecular weight excluding hydrogens is 296 g/mol. The van der Waals surface area contributed by atoms with Gasteiger partial charge in [-0.3, -0.25) is 14.4 Å². The zero-order valence-corrected chi connectivity index (χ0v) is 13.5. The van der Waals surface area contributed by atoms with Crippen LogP contribution in [0.2, 0.25) is 0 Å². The fourth-order valence-corrected chi connectivity index (χ4v) is 2.69. The topological polar surface area (TPSA) is 95.5 Å². The average molecular weight is 318 g/mol. The number of ketones is 1. The summed E-state index contributed by atoms with van der Waals surface area (Å²) in [5.41, 5.74) is 0.848. The summed E-state index contributed by atoms with van der Waals surface area (Å²) >= 11 is 0. The normalized spacial score (nSPS) is 21.3. The van der Waals surface area contributed by atoms with Crippen LogP contribution in [0, 0.1) is 5.92 Å². The zero-order valence-electron chi connectivity index (χ0n) is 13.5. The molecule has 3 atom stereocenters. The van der Waals surface area contributed by atoms with Gasteiger partial charge in [0.2, 0.25) is 5.91 Å². The van der Waals surface area contributed by atoms with Gasteiger partial charge in [-0.25, -0.2) is 0 Å². The van der Waals surface area contributed by atoms with Crippen LogP contribution in [0.15, 0.2) is 24.3 Å². The minimum atomic E-state index is -0.787. The molecular formula is C17H22N2O4. The highest BCUT2D eigenvalue weighted by Crippen LogP contribution is 2.23. The molecule has 0 radical (unpaired) electrons. The third kappa shape index (κ3) is 3.96. The van der Waals surface area contributed by atoms with Gasteiger partial charge in [0.05, 0.1) is 18.1 Å². The van der Waals surface area contributed by atoms with Crippen molar-refractivity contribution in [2.24, 2.45) is 5.92 Å². The van der Waals surface area contributed by atoms with Gasteiger partial charge >= 0.3 is 0 Å². The van der Waals surface area contributed by atoms with Gasteiger partial charge in [-0.15, -0.1) is 0 Å². The van der Waals surface area contributed by atoms with Gasteiger partial charge < -0.3 is 15.7 Å². The van der Waals surface area contributed by atoms with Crippen LogP contribution < -0.4 is 10.6 Å². The molecule has 1 aromatic carbocycles. The molecule has 0 aliphatic carbocycles. The van der Waals surface area contributed by atoms with Gasteiger partial charge in [0.25, 0.3) is 5.91 Å². The maximum absolute atomic E-state index is 12.4. The lowest BCUT2D eigenvalue weighted by Crippen LogP contribution is -2.62. The SMILES string of the molecule is CC(C)NC(=O)c1cccc(C(=O)C[C@H]2NC(=O)[C@@H]2[C@@H](C)O)c1. The second-order valence-electron chi connectivity index (χ2n) is 6.22. The number of Topliss-reactive ketones (excluding diaryl/α,β-unsaturated/α-hetero) is 1. The van der Waals surface area contributed by atoms with Crippen molar-refractivity contribution in [1.82, 2.24) is 10.6 Å². The number of carbonyl (C=O) groups excluding carboxylic acids is 3. The summed E-state index contributed by atoms with van der Waals surface area (Å²) in [5.74, 6) is -1.18. The van der Waals surface area contributed by atoms with E-state index in [0.29, 0.717) is 11.1 Å². The molecule has 23 heavy (non-hydrogen) atoms. The van der Waals surface area contributed by atoms with Crippen LogP contribution in [0.4, 0.5) is 0 Å².